The molecule has 0 aromatic rings. The van der Waals surface area contributed by atoms with Crippen molar-refractivity contribution >= 4 is 23.6 Å². The molecule has 0 N–H and O–H groups in total. The number of ether oxygens (including phenoxy) is 1. The van der Waals surface area contributed by atoms with E-state index in [0.717, 1.165) is 0 Å². The number of carbonyl (C=O) groups is 2. The summed E-state index contributed by atoms with van der Waals surface area (Å²) in [7, 11) is 0. The van der Waals surface area contributed by atoms with E-state index in [0.29, 0.717) is 12.4 Å². The Morgan fingerprint density at radius 2 is 2.00 bits per heavy atom. The first-order chi connectivity index (χ1) is 7.02. The molecule has 0 saturated carbocycles. The lowest BCUT2D eigenvalue weighted by atomic mass is 10.3. The number of amides is 1. The van der Waals surface area contributed by atoms with Crippen LogP contribution in [0.3, 0.4) is 0 Å². The molecule has 0 heterocycles. The first kappa shape index (κ1) is 14.3. The summed E-state index contributed by atoms with van der Waals surface area (Å²) < 4.78 is 4.81. The van der Waals surface area contributed by atoms with Crippen LogP contribution in [0.4, 0.5) is 0 Å². The SMILES string of the molecule is CCOC(=O)CN(C(=O)CSC)C(C)C. The van der Waals surface area contributed by atoms with Gasteiger partial charge in [-0.15, -0.1) is 0 Å². The number of hydrogen-bond acceptors (Lipinski definition) is 4. The van der Waals surface area contributed by atoms with Gasteiger partial charge in [-0.3, -0.25) is 9.59 Å². The number of thioether (sulfide) groups is 1. The lowest BCUT2D eigenvalue weighted by Gasteiger charge is -2.25. The van der Waals surface area contributed by atoms with Gasteiger partial charge in [0.25, 0.3) is 0 Å². The van der Waals surface area contributed by atoms with Crippen molar-refractivity contribution in [3.63, 3.8) is 0 Å². The summed E-state index contributed by atoms with van der Waals surface area (Å²) in [4.78, 5) is 24.4. The monoisotopic (exact) mass is 233 g/mol. The van der Waals surface area contributed by atoms with Crippen LogP contribution in [0.15, 0.2) is 0 Å². The molecular weight excluding hydrogens is 214 g/mol. The number of esters is 1. The minimum Gasteiger partial charge on any atom is -0.465 e. The molecule has 0 aliphatic rings. The fourth-order valence-electron chi connectivity index (χ4n) is 1.11. The molecule has 15 heavy (non-hydrogen) atoms. The lowest BCUT2D eigenvalue weighted by molar-refractivity contribution is -0.149. The fourth-order valence-corrected chi connectivity index (χ4v) is 1.52. The molecule has 0 saturated heterocycles. The van der Waals surface area contributed by atoms with Gasteiger partial charge >= 0.3 is 5.97 Å². The Morgan fingerprint density at radius 3 is 2.40 bits per heavy atom. The fraction of sp³-hybridized carbons (Fsp3) is 0.800. The zero-order valence-electron chi connectivity index (χ0n) is 9.78. The van der Waals surface area contributed by atoms with Gasteiger partial charge in [-0.25, -0.2) is 0 Å². The van der Waals surface area contributed by atoms with Gasteiger partial charge in [-0.05, 0) is 27.0 Å². The molecule has 0 bridgehead atoms. The third kappa shape index (κ3) is 5.67. The second-order valence-electron chi connectivity index (χ2n) is 3.35. The van der Waals surface area contributed by atoms with E-state index in [1.54, 1.807) is 6.92 Å². The third-order valence-corrected chi connectivity index (χ3v) is 2.35. The van der Waals surface area contributed by atoms with Gasteiger partial charge < -0.3 is 9.64 Å². The highest BCUT2D eigenvalue weighted by atomic mass is 32.2. The molecule has 5 heteroatoms. The highest BCUT2D eigenvalue weighted by Crippen LogP contribution is 2.03. The zero-order valence-corrected chi connectivity index (χ0v) is 10.6. The van der Waals surface area contributed by atoms with Gasteiger partial charge in [0.1, 0.15) is 6.54 Å². The summed E-state index contributed by atoms with van der Waals surface area (Å²) >= 11 is 1.45. The van der Waals surface area contributed by atoms with Crippen molar-refractivity contribution in [3.05, 3.63) is 0 Å². The summed E-state index contributed by atoms with van der Waals surface area (Å²) in [5.41, 5.74) is 0. The Morgan fingerprint density at radius 1 is 1.40 bits per heavy atom. The first-order valence-electron chi connectivity index (χ1n) is 4.96. The Kier molecular flexibility index (Phi) is 7.21. The van der Waals surface area contributed by atoms with Crippen LogP contribution in [0.25, 0.3) is 0 Å². The predicted molar refractivity (Wildman–Crippen MR) is 61.9 cm³/mol. The average molecular weight is 233 g/mol. The molecule has 0 aromatic heterocycles. The number of carbonyl (C=O) groups excluding carboxylic acids is 2. The third-order valence-electron chi connectivity index (χ3n) is 1.82. The molecule has 4 nitrogen and oxygen atoms in total. The quantitative estimate of drug-likeness (QED) is 0.646. The minimum atomic E-state index is -0.347. The van der Waals surface area contributed by atoms with Crippen molar-refractivity contribution in [3.8, 4) is 0 Å². The van der Waals surface area contributed by atoms with E-state index in [9.17, 15) is 9.59 Å². The van der Waals surface area contributed by atoms with Crippen LogP contribution >= 0.6 is 11.8 Å². The predicted octanol–water partition coefficient (Wildman–Crippen LogP) is 1.15. The van der Waals surface area contributed by atoms with Gasteiger partial charge in [0.2, 0.25) is 5.91 Å². The van der Waals surface area contributed by atoms with Crippen LogP contribution in [-0.4, -0.2) is 48.0 Å². The first-order valence-corrected chi connectivity index (χ1v) is 6.36. The van der Waals surface area contributed by atoms with Gasteiger partial charge in [0.05, 0.1) is 12.4 Å². The molecule has 0 fully saturated rings. The van der Waals surface area contributed by atoms with Gasteiger partial charge in [-0.1, -0.05) is 0 Å². The van der Waals surface area contributed by atoms with Crippen LogP contribution in [0.2, 0.25) is 0 Å². The van der Waals surface area contributed by atoms with Crippen LogP contribution in [-0.2, 0) is 14.3 Å². The maximum atomic E-state index is 11.6. The van der Waals surface area contributed by atoms with Crippen LogP contribution in [0.5, 0.6) is 0 Å². The smallest absolute Gasteiger partial charge is 0.325 e. The van der Waals surface area contributed by atoms with E-state index in [4.69, 9.17) is 4.74 Å². The van der Waals surface area contributed by atoms with Gasteiger partial charge in [-0.2, -0.15) is 11.8 Å². The molecule has 0 aromatic carbocycles. The van der Waals surface area contributed by atoms with E-state index >= 15 is 0 Å². The average Bonchev–Trinajstić information content (AvgIpc) is 2.14. The molecule has 0 rings (SSSR count). The van der Waals surface area contributed by atoms with E-state index in [2.05, 4.69) is 0 Å². The normalized spacial score (nSPS) is 10.2. The van der Waals surface area contributed by atoms with Gasteiger partial charge in [0, 0.05) is 6.04 Å². The maximum absolute atomic E-state index is 11.6. The van der Waals surface area contributed by atoms with Crippen molar-refractivity contribution in [2.24, 2.45) is 0 Å². The van der Waals surface area contributed by atoms with Crippen LogP contribution in [0, 0.1) is 0 Å². The summed E-state index contributed by atoms with van der Waals surface area (Å²) in [5, 5.41) is 0. The molecule has 0 aliphatic heterocycles. The molecule has 0 radical (unpaired) electrons. The summed E-state index contributed by atoms with van der Waals surface area (Å²) in [5.74, 6) is 0.0311. The number of nitrogens with zero attached hydrogens (tertiary/aromatic N) is 1. The second-order valence-corrected chi connectivity index (χ2v) is 4.22. The molecule has 0 atom stereocenters. The standard InChI is InChI=1S/C10H19NO3S/c1-5-14-10(13)6-11(8(2)3)9(12)7-15-4/h8H,5-7H2,1-4H3. The Bertz CT molecular complexity index is 219. The highest BCUT2D eigenvalue weighted by molar-refractivity contribution is 7.99. The Labute approximate surface area is 95.3 Å². The van der Waals surface area contributed by atoms with Crippen LogP contribution in [0.1, 0.15) is 20.8 Å². The summed E-state index contributed by atoms with van der Waals surface area (Å²) in [6.07, 6.45) is 1.86. The second kappa shape index (κ2) is 7.56. The minimum absolute atomic E-state index is 0.0223. The number of rotatable bonds is 6. The van der Waals surface area contributed by atoms with Crippen molar-refractivity contribution in [1.29, 1.82) is 0 Å². The molecule has 0 aliphatic carbocycles. The maximum Gasteiger partial charge on any atom is 0.325 e. The van der Waals surface area contributed by atoms with Crippen LogP contribution < -0.4 is 0 Å². The topological polar surface area (TPSA) is 46.6 Å². The Balaban J connectivity index is 4.27. The zero-order chi connectivity index (χ0) is 11.8. The van der Waals surface area contributed by atoms with Gasteiger partial charge in [0.15, 0.2) is 0 Å². The van der Waals surface area contributed by atoms with E-state index in [1.165, 1.54) is 16.7 Å². The molecular formula is C10H19NO3S. The molecule has 1 amide bonds. The summed E-state index contributed by atoms with van der Waals surface area (Å²) in [6.45, 7) is 5.92. The van der Waals surface area contributed by atoms with Crippen molar-refractivity contribution < 1.29 is 14.3 Å². The van der Waals surface area contributed by atoms with E-state index in [-0.39, 0.29) is 24.5 Å². The molecule has 88 valence electrons. The van der Waals surface area contributed by atoms with E-state index < -0.39 is 0 Å². The molecule has 0 unspecified atom stereocenters. The van der Waals surface area contributed by atoms with Crippen molar-refractivity contribution in [1.82, 2.24) is 4.90 Å². The highest BCUT2D eigenvalue weighted by Gasteiger charge is 2.19. The molecule has 0 spiro atoms. The number of hydrogen-bond donors (Lipinski definition) is 0. The van der Waals surface area contributed by atoms with Crippen molar-refractivity contribution in [2.45, 2.75) is 26.8 Å². The van der Waals surface area contributed by atoms with E-state index in [1.807, 2.05) is 20.1 Å². The largest absolute Gasteiger partial charge is 0.465 e. The lowest BCUT2D eigenvalue weighted by Crippen LogP contribution is -2.42. The Hall–Kier alpha value is -0.710. The van der Waals surface area contributed by atoms with Crippen molar-refractivity contribution in [2.75, 3.05) is 25.2 Å². The summed E-state index contributed by atoms with van der Waals surface area (Å²) in [6, 6.07) is 0.0223.